The fourth-order valence-electron chi connectivity index (χ4n) is 1.84. The number of hydrogen-bond donors (Lipinski definition) is 2. The molecular weight excluding hydrogens is 272 g/mol. The SMILES string of the molecule is CCOC(=O)c1cc(N)ccc1NCCc1nc(C)no1. The molecule has 0 spiro atoms. The summed E-state index contributed by atoms with van der Waals surface area (Å²) >= 11 is 0. The van der Waals surface area contributed by atoms with Crippen molar-refractivity contribution in [1.29, 1.82) is 0 Å². The molecule has 2 rings (SSSR count). The Balaban J connectivity index is 2.03. The molecule has 2 aromatic rings. The van der Waals surface area contributed by atoms with Gasteiger partial charge in [-0.2, -0.15) is 4.98 Å². The van der Waals surface area contributed by atoms with E-state index in [1.807, 2.05) is 0 Å². The zero-order chi connectivity index (χ0) is 15.2. The Morgan fingerprint density at radius 1 is 1.48 bits per heavy atom. The number of nitrogens with two attached hydrogens (primary N) is 1. The Morgan fingerprint density at radius 3 is 2.95 bits per heavy atom. The minimum Gasteiger partial charge on any atom is -0.462 e. The topological polar surface area (TPSA) is 103 Å². The Morgan fingerprint density at radius 2 is 2.29 bits per heavy atom. The van der Waals surface area contributed by atoms with Gasteiger partial charge in [-0.1, -0.05) is 5.16 Å². The smallest absolute Gasteiger partial charge is 0.340 e. The number of nitrogens with zero attached hydrogens (tertiary/aromatic N) is 2. The van der Waals surface area contributed by atoms with Crippen LogP contribution in [-0.2, 0) is 11.2 Å². The first-order valence-electron chi connectivity index (χ1n) is 6.70. The summed E-state index contributed by atoms with van der Waals surface area (Å²) in [6.07, 6.45) is 0.563. The average Bonchev–Trinajstić information content (AvgIpc) is 2.86. The summed E-state index contributed by atoms with van der Waals surface area (Å²) in [4.78, 5) is 16.0. The second kappa shape index (κ2) is 6.74. The number of nitrogens with one attached hydrogen (secondary N) is 1. The predicted octanol–water partition coefficient (Wildman–Crippen LogP) is 1.79. The molecule has 1 heterocycles. The normalized spacial score (nSPS) is 10.4. The van der Waals surface area contributed by atoms with Gasteiger partial charge in [-0.25, -0.2) is 4.79 Å². The summed E-state index contributed by atoms with van der Waals surface area (Å²) in [5, 5.41) is 6.87. The van der Waals surface area contributed by atoms with Crippen molar-refractivity contribution in [1.82, 2.24) is 10.1 Å². The molecule has 0 radical (unpaired) electrons. The lowest BCUT2D eigenvalue weighted by Crippen LogP contribution is -2.12. The van der Waals surface area contributed by atoms with Crippen LogP contribution >= 0.6 is 0 Å². The van der Waals surface area contributed by atoms with E-state index >= 15 is 0 Å². The van der Waals surface area contributed by atoms with Crippen LogP contribution in [0.3, 0.4) is 0 Å². The Bertz CT molecular complexity index is 624. The molecule has 0 saturated heterocycles. The first-order valence-corrected chi connectivity index (χ1v) is 6.70. The van der Waals surface area contributed by atoms with Crippen LogP contribution in [-0.4, -0.2) is 29.3 Å². The molecule has 0 saturated carbocycles. The number of rotatable bonds is 6. The number of aryl methyl sites for hydroxylation is 1. The number of hydrogen-bond acceptors (Lipinski definition) is 7. The van der Waals surface area contributed by atoms with E-state index in [4.69, 9.17) is 15.0 Å². The van der Waals surface area contributed by atoms with E-state index < -0.39 is 5.97 Å². The third-order valence-electron chi connectivity index (χ3n) is 2.76. The number of anilines is 2. The van der Waals surface area contributed by atoms with Crippen LogP contribution in [0.2, 0.25) is 0 Å². The summed E-state index contributed by atoms with van der Waals surface area (Å²) < 4.78 is 10.0. The lowest BCUT2D eigenvalue weighted by molar-refractivity contribution is 0.0527. The molecule has 0 bridgehead atoms. The molecule has 21 heavy (non-hydrogen) atoms. The number of esters is 1. The number of ether oxygens (including phenoxy) is 1. The van der Waals surface area contributed by atoms with E-state index in [9.17, 15) is 4.79 Å². The minimum absolute atomic E-state index is 0.314. The maximum Gasteiger partial charge on any atom is 0.340 e. The molecule has 0 atom stereocenters. The van der Waals surface area contributed by atoms with Crippen molar-refractivity contribution in [3.05, 3.63) is 35.5 Å². The van der Waals surface area contributed by atoms with Gasteiger partial charge in [-0.15, -0.1) is 0 Å². The van der Waals surface area contributed by atoms with Crippen molar-refractivity contribution in [2.45, 2.75) is 20.3 Å². The molecule has 7 heteroatoms. The Kier molecular flexibility index (Phi) is 4.76. The standard InChI is InChI=1S/C14H18N4O3/c1-3-20-14(19)11-8-10(15)4-5-12(11)16-7-6-13-17-9(2)18-21-13/h4-5,8,16H,3,6-7,15H2,1-2H3. The van der Waals surface area contributed by atoms with Crippen molar-refractivity contribution >= 4 is 17.3 Å². The molecule has 0 aliphatic heterocycles. The maximum atomic E-state index is 11.9. The molecule has 0 amide bonds. The van der Waals surface area contributed by atoms with Gasteiger partial charge in [0.15, 0.2) is 5.82 Å². The van der Waals surface area contributed by atoms with Gasteiger partial charge in [0.05, 0.1) is 12.2 Å². The van der Waals surface area contributed by atoms with E-state index in [1.54, 1.807) is 32.0 Å². The third-order valence-corrected chi connectivity index (χ3v) is 2.76. The lowest BCUT2D eigenvalue weighted by atomic mass is 10.1. The van der Waals surface area contributed by atoms with Gasteiger partial charge in [0.2, 0.25) is 5.89 Å². The summed E-state index contributed by atoms with van der Waals surface area (Å²) in [7, 11) is 0. The highest BCUT2D eigenvalue weighted by molar-refractivity contribution is 5.96. The fourth-order valence-corrected chi connectivity index (χ4v) is 1.84. The maximum absolute atomic E-state index is 11.9. The van der Waals surface area contributed by atoms with E-state index in [-0.39, 0.29) is 0 Å². The lowest BCUT2D eigenvalue weighted by Gasteiger charge is -2.11. The summed E-state index contributed by atoms with van der Waals surface area (Å²) in [5.41, 5.74) is 7.31. The van der Waals surface area contributed by atoms with E-state index in [0.717, 1.165) is 0 Å². The van der Waals surface area contributed by atoms with Crippen LogP contribution in [0.15, 0.2) is 22.7 Å². The van der Waals surface area contributed by atoms with Crippen molar-refractivity contribution < 1.29 is 14.1 Å². The molecule has 1 aromatic carbocycles. The van der Waals surface area contributed by atoms with E-state index in [0.29, 0.717) is 48.2 Å². The fraction of sp³-hybridized carbons (Fsp3) is 0.357. The van der Waals surface area contributed by atoms with E-state index in [1.165, 1.54) is 0 Å². The van der Waals surface area contributed by atoms with Crippen LogP contribution in [0.4, 0.5) is 11.4 Å². The molecule has 0 unspecified atom stereocenters. The molecule has 112 valence electrons. The van der Waals surface area contributed by atoms with Gasteiger partial charge in [-0.05, 0) is 32.0 Å². The third kappa shape index (κ3) is 3.95. The number of benzene rings is 1. The average molecular weight is 290 g/mol. The van der Waals surface area contributed by atoms with Crippen LogP contribution in [0, 0.1) is 6.92 Å². The second-order valence-electron chi connectivity index (χ2n) is 4.44. The summed E-state index contributed by atoms with van der Waals surface area (Å²) in [6, 6.07) is 5.07. The van der Waals surface area contributed by atoms with Crippen LogP contribution in [0.5, 0.6) is 0 Å². The monoisotopic (exact) mass is 290 g/mol. The van der Waals surface area contributed by atoms with Crippen LogP contribution in [0.25, 0.3) is 0 Å². The first-order chi connectivity index (χ1) is 10.1. The van der Waals surface area contributed by atoms with Gasteiger partial charge in [0, 0.05) is 24.3 Å². The number of carbonyl (C=O) groups is 1. The highest BCUT2D eigenvalue weighted by Crippen LogP contribution is 2.20. The van der Waals surface area contributed by atoms with Gasteiger partial charge < -0.3 is 20.3 Å². The highest BCUT2D eigenvalue weighted by atomic mass is 16.5. The molecule has 3 N–H and O–H groups in total. The van der Waals surface area contributed by atoms with Gasteiger partial charge in [-0.3, -0.25) is 0 Å². The Labute approximate surface area is 122 Å². The molecule has 0 aliphatic rings. The predicted molar refractivity (Wildman–Crippen MR) is 78.0 cm³/mol. The van der Waals surface area contributed by atoms with Gasteiger partial charge in [0.1, 0.15) is 0 Å². The van der Waals surface area contributed by atoms with E-state index in [2.05, 4.69) is 15.5 Å². The number of nitrogen functional groups attached to an aromatic ring is 1. The molecule has 0 aliphatic carbocycles. The molecular formula is C14H18N4O3. The summed E-state index contributed by atoms with van der Waals surface area (Å²) in [5.74, 6) is 0.749. The van der Waals surface area contributed by atoms with Crippen molar-refractivity contribution in [3.8, 4) is 0 Å². The highest BCUT2D eigenvalue weighted by Gasteiger charge is 2.13. The van der Waals surface area contributed by atoms with Gasteiger partial charge in [0.25, 0.3) is 0 Å². The molecule has 7 nitrogen and oxygen atoms in total. The second-order valence-corrected chi connectivity index (χ2v) is 4.44. The van der Waals surface area contributed by atoms with Crippen molar-refractivity contribution in [2.75, 3.05) is 24.2 Å². The van der Waals surface area contributed by atoms with Crippen molar-refractivity contribution in [3.63, 3.8) is 0 Å². The molecule has 0 fully saturated rings. The number of carbonyl (C=O) groups excluding carboxylic acids is 1. The van der Waals surface area contributed by atoms with Crippen LogP contribution < -0.4 is 11.1 Å². The quantitative estimate of drug-likeness (QED) is 0.617. The Hall–Kier alpha value is -2.57. The van der Waals surface area contributed by atoms with Crippen molar-refractivity contribution in [2.24, 2.45) is 0 Å². The first kappa shape index (κ1) is 14.8. The van der Waals surface area contributed by atoms with Gasteiger partial charge >= 0.3 is 5.97 Å². The zero-order valence-electron chi connectivity index (χ0n) is 12.0. The molecule has 1 aromatic heterocycles. The van der Waals surface area contributed by atoms with Crippen LogP contribution in [0.1, 0.15) is 29.0 Å². The minimum atomic E-state index is -0.402. The largest absolute Gasteiger partial charge is 0.462 e. The zero-order valence-corrected chi connectivity index (χ0v) is 12.0. The number of aromatic nitrogens is 2. The summed E-state index contributed by atoms with van der Waals surface area (Å²) in [6.45, 7) is 4.39.